The molecule has 0 spiro atoms. The molecule has 0 aliphatic carbocycles. The Morgan fingerprint density at radius 2 is 1.93 bits per heavy atom. The minimum absolute atomic E-state index is 0.426. The fraction of sp³-hybridized carbons (Fsp3) is 0.100. The molecule has 1 unspecified atom stereocenters. The number of H-pyrrole nitrogens is 1. The van der Waals surface area contributed by atoms with E-state index >= 15 is 0 Å². The monoisotopic (exact) mass is 372 g/mol. The zero-order valence-electron chi connectivity index (χ0n) is 14.3. The van der Waals surface area contributed by atoms with Gasteiger partial charge in [-0.25, -0.2) is 0 Å². The summed E-state index contributed by atoms with van der Waals surface area (Å²) in [4.78, 5) is 4.12. The zero-order chi connectivity index (χ0) is 19.0. The molecular formula is C20H13ClN6. The first kappa shape index (κ1) is 16.8. The molecule has 4 rings (SSSR count). The van der Waals surface area contributed by atoms with Gasteiger partial charge in [0.15, 0.2) is 0 Å². The fourth-order valence-electron chi connectivity index (χ4n) is 3.34. The second kappa shape index (κ2) is 6.60. The standard InChI is InChI=1S/C20H13ClN6/c1-11-14(7-22)19(12-2-3-18-13(6-12)9-25-27-18)15(8-23)20(26-11)16-10-24-5-4-17(16)21/h2-6,9-10,19,26H,1H3,(H,25,27). The maximum Gasteiger partial charge on any atom is 0.0979 e. The number of fused-ring (bicyclic) bond motifs is 1. The Kier molecular flexibility index (Phi) is 4.12. The van der Waals surface area contributed by atoms with Crippen molar-refractivity contribution in [3.63, 3.8) is 0 Å². The van der Waals surface area contributed by atoms with E-state index < -0.39 is 5.92 Å². The van der Waals surface area contributed by atoms with Crippen molar-refractivity contribution in [2.75, 3.05) is 0 Å². The highest BCUT2D eigenvalue weighted by molar-refractivity contribution is 6.32. The van der Waals surface area contributed by atoms with Crippen LogP contribution in [-0.2, 0) is 0 Å². The molecule has 2 N–H and O–H groups in total. The third-order valence-corrected chi connectivity index (χ3v) is 4.97. The molecule has 2 aromatic heterocycles. The van der Waals surface area contributed by atoms with Gasteiger partial charge in [0.05, 0.1) is 51.6 Å². The highest BCUT2D eigenvalue weighted by Gasteiger charge is 2.32. The summed E-state index contributed by atoms with van der Waals surface area (Å²) in [6, 6.07) is 12.0. The molecule has 6 nitrogen and oxygen atoms in total. The number of nitrogens with one attached hydrogen (secondary N) is 2. The Labute approximate surface area is 160 Å². The Morgan fingerprint density at radius 3 is 2.67 bits per heavy atom. The largest absolute Gasteiger partial charge is 0.357 e. The lowest BCUT2D eigenvalue weighted by molar-refractivity contribution is 0.879. The molecule has 0 saturated heterocycles. The number of benzene rings is 1. The summed E-state index contributed by atoms with van der Waals surface area (Å²) in [7, 11) is 0. The number of pyridine rings is 1. The van der Waals surface area contributed by atoms with Crippen LogP contribution in [0.15, 0.2) is 59.7 Å². The van der Waals surface area contributed by atoms with Crippen molar-refractivity contribution >= 4 is 28.2 Å². The predicted octanol–water partition coefficient (Wildman–Crippen LogP) is 4.03. The minimum atomic E-state index is -0.494. The lowest BCUT2D eigenvalue weighted by Gasteiger charge is -2.28. The van der Waals surface area contributed by atoms with Crippen molar-refractivity contribution in [1.82, 2.24) is 20.5 Å². The molecule has 1 aliphatic rings. The first-order valence-electron chi connectivity index (χ1n) is 8.19. The molecule has 3 heterocycles. The van der Waals surface area contributed by atoms with Crippen LogP contribution in [0, 0.1) is 22.7 Å². The summed E-state index contributed by atoms with van der Waals surface area (Å²) < 4.78 is 0. The molecule has 0 fully saturated rings. The first-order valence-corrected chi connectivity index (χ1v) is 8.57. The van der Waals surface area contributed by atoms with Gasteiger partial charge in [-0.3, -0.25) is 10.1 Å². The van der Waals surface area contributed by atoms with Gasteiger partial charge in [0.1, 0.15) is 0 Å². The molecule has 0 radical (unpaired) electrons. The number of nitriles is 2. The van der Waals surface area contributed by atoms with Crippen molar-refractivity contribution in [2.45, 2.75) is 12.8 Å². The summed E-state index contributed by atoms with van der Waals surface area (Å²) in [6.07, 6.45) is 4.93. The quantitative estimate of drug-likeness (QED) is 0.707. The molecule has 27 heavy (non-hydrogen) atoms. The van der Waals surface area contributed by atoms with Crippen LogP contribution in [0.1, 0.15) is 24.0 Å². The van der Waals surface area contributed by atoms with E-state index in [1.807, 2.05) is 25.1 Å². The van der Waals surface area contributed by atoms with Crippen molar-refractivity contribution in [3.8, 4) is 12.1 Å². The molecule has 7 heteroatoms. The smallest absolute Gasteiger partial charge is 0.0979 e. The van der Waals surface area contributed by atoms with Crippen molar-refractivity contribution in [2.24, 2.45) is 0 Å². The highest BCUT2D eigenvalue weighted by atomic mass is 35.5. The summed E-state index contributed by atoms with van der Waals surface area (Å²) in [6.45, 7) is 1.82. The van der Waals surface area contributed by atoms with E-state index in [-0.39, 0.29) is 0 Å². The average molecular weight is 373 g/mol. The Balaban J connectivity index is 1.97. The average Bonchev–Trinajstić information content (AvgIpc) is 3.15. The number of aromatic nitrogens is 3. The van der Waals surface area contributed by atoms with Gasteiger partial charge in [-0.2, -0.15) is 15.6 Å². The van der Waals surface area contributed by atoms with Gasteiger partial charge >= 0.3 is 0 Å². The number of hydrogen-bond donors (Lipinski definition) is 2. The summed E-state index contributed by atoms with van der Waals surface area (Å²) >= 11 is 6.34. The van der Waals surface area contributed by atoms with E-state index in [0.717, 1.165) is 16.5 Å². The summed E-state index contributed by atoms with van der Waals surface area (Å²) in [5.74, 6) is -0.494. The van der Waals surface area contributed by atoms with Gasteiger partial charge in [-0.05, 0) is 30.7 Å². The van der Waals surface area contributed by atoms with Crippen LogP contribution in [0.5, 0.6) is 0 Å². The number of hydrogen-bond acceptors (Lipinski definition) is 5. The third-order valence-electron chi connectivity index (χ3n) is 4.64. The van der Waals surface area contributed by atoms with E-state index in [0.29, 0.717) is 33.1 Å². The zero-order valence-corrected chi connectivity index (χ0v) is 15.0. The molecule has 0 saturated carbocycles. The summed E-state index contributed by atoms with van der Waals surface area (Å²) in [5, 5.41) is 31.2. The van der Waals surface area contributed by atoms with E-state index in [9.17, 15) is 10.5 Å². The molecular weight excluding hydrogens is 360 g/mol. The normalized spacial score (nSPS) is 16.8. The second-order valence-electron chi connectivity index (χ2n) is 6.18. The Morgan fingerprint density at radius 1 is 1.11 bits per heavy atom. The third kappa shape index (κ3) is 2.73. The fourth-order valence-corrected chi connectivity index (χ4v) is 3.54. The van der Waals surface area contributed by atoms with Gasteiger partial charge in [-0.1, -0.05) is 17.7 Å². The first-order chi connectivity index (χ1) is 13.1. The van der Waals surface area contributed by atoms with Gasteiger partial charge in [0, 0.05) is 29.0 Å². The van der Waals surface area contributed by atoms with E-state index in [2.05, 4.69) is 32.6 Å². The van der Waals surface area contributed by atoms with E-state index in [1.165, 1.54) is 0 Å². The van der Waals surface area contributed by atoms with Crippen LogP contribution < -0.4 is 5.32 Å². The maximum absolute atomic E-state index is 9.96. The lowest BCUT2D eigenvalue weighted by Crippen LogP contribution is -2.24. The molecule has 3 aromatic rings. The number of rotatable bonds is 2. The van der Waals surface area contributed by atoms with Crippen LogP contribution >= 0.6 is 11.6 Å². The molecule has 1 atom stereocenters. The number of allylic oxidation sites excluding steroid dienone is 3. The molecule has 0 bridgehead atoms. The van der Waals surface area contributed by atoms with E-state index in [4.69, 9.17) is 11.6 Å². The van der Waals surface area contributed by atoms with Crippen LogP contribution in [0.25, 0.3) is 16.6 Å². The predicted molar refractivity (Wildman–Crippen MR) is 102 cm³/mol. The second-order valence-corrected chi connectivity index (χ2v) is 6.59. The van der Waals surface area contributed by atoms with Crippen LogP contribution in [0.2, 0.25) is 5.02 Å². The van der Waals surface area contributed by atoms with Gasteiger partial charge in [0.25, 0.3) is 0 Å². The van der Waals surface area contributed by atoms with Gasteiger partial charge < -0.3 is 5.32 Å². The van der Waals surface area contributed by atoms with Crippen molar-refractivity contribution in [1.29, 1.82) is 10.5 Å². The van der Waals surface area contributed by atoms with Crippen LogP contribution in [0.4, 0.5) is 0 Å². The van der Waals surface area contributed by atoms with Crippen LogP contribution in [0.3, 0.4) is 0 Å². The highest BCUT2D eigenvalue weighted by Crippen LogP contribution is 2.41. The number of halogens is 1. The Hall–Kier alpha value is -3.61. The summed E-state index contributed by atoms with van der Waals surface area (Å²) in [5.41, 5.74) is 4.54. The van der Waals surface area contributed by atoms with E-state index in [1.54, 1.807) is 24.7 Å². The lowest BCUT2D eigenvalue weighted by atomic mass is 9.80. The molecule has 0 amide bonds. The topological polar surface area (TPSA) is 101 Å². The number of aromatic amines is 1. The molecule has 1 aliphatic heterocycles. The maximum atomic E-state index is 9.96. The van der Waals surface area contributed by atoms with Gasteiger partial charge in [0.2, 0.25) is 0 Å². The molecule has 1 aromatic carbocycles. The van der Waals surface area contributed by atoms with Crippen molar-refractivity contribution in [3.05, 3.63) is 75.8 Å². The van der Waals surface area contributed by atoms with Gasteiger partial charge in [-0.15, -0.1) is 0 Å². The number of dihydropyridines is 1. The van der Waals surface area contributed by atoms with Crippen molar-refractivity contribution < 1.29 is 0 Å². The minimum Gasteiger partial charge on any atom is -0.357 e. The van der Waals surface area contributed by atoms with Crippen LogP contribution in [-0.4, -0.2) is 15.2 Å². The number of nitrogens with zero attached hydrogens (tertiary/aromatic N) is 4. The Bertz CT molecular complexity index is 1200. The molecule has 130 valence electrons. The SMILES string of the molecule is CC1=C(C#N)C(c2ccc3[nH]ncc3c2)C(C#N)=C(c2cnccc2Cl)N1.